The summed E-state index contributed by atoms with van der Waals surface area (Å²) in [5.74, 6) is 0.600. The lowest BCUT2D eigenvalue weighted by molar-refractivity contribution is 0.0279. The van der Waals surface area contributed by atoms with Crippen molar-refractivity contribution in [2.45, 2.75) is 43.7 Å². The SMILES string of the molecule is COc1cncc(C(NS(=O)(=O)c2cc(C)sc2C)C2CC(O)C2)c1. The Balaban J connectivity index is 1.93. The Morgan fingerprint density at radius 2 is 2.04 bits per heavy atom. The van der Waals surface area contributed by atoms with E-state index in [-0.39, 0.29) is 12.0 Å². The number of nitrogens with zero attached hydrogens (tertiary/aromatic N) is 1. The van der Waals surface area contributed by atoms with Gasteiger partial charge in [-0.3, -0.25) is 4.98 Å². The molecule has 8 heteroatoms. The van der Waals surface area contributed by atoms with Crippen LogP contribution in [0.2, 0.25) is 0 Å². The van der Waals surface area contributed by atoms with Crippen LogP contribution in [-0.4, -0.2) is 31.7 Å². The van der Waals surface area contributed by atoms with Crippen molar-refractivity contribution in [3.05, 3.63) is 39.8 Å². The molecule has 136 valence electrons. The number of nitrogens with one attached hydrogen (secondary N) is 1. The van der Waals surface area contributed by atoms with Gasteiger partial charge < -0.3 is 9.84 Å². The van der Waals surface area contributed by atoms with E-state index in [1.807, 2.05) is 6.92 Å². The Labute approximate surface area is 151 Å². The largest absolute Gasteiger partial charge is 0.495 e. The topological polar surface area (TPSA) is 88.5 Å². The van der Waals surface area contributed by atoms with Crippen LogP contribution in [0, 0.1) is 19.8 Å². The van der Waals surface area contributed by atoms with Gasteiger partial charge in [-0.2, -0.15) is 0 Å². The van der Waals surface area contributed by atoms with E-state index in [0.717, 1.165) is 15.3 Å². The monoisotopic (exact) mass is 382 g/mol. The van der Waals surface area contributed by atoms with Crippen molar-refractivity contribution >= 4 is 21.4 Å². The van der Waals surface area contributed by atoms with Crippen LogP contribution in [0.3, 0.4) is 0 Å². The molecule has 2 heterocycles. The number of thiophene rings is 1. The van der Waals surface area contributed by atoms with Gasteiger partial charge in [0.15, 0.2) is 0 Å². The minimum atomic E-state index is -3.67. The maximum absolute atomic E-state index is 12.9. The molecule has 0 amide bonds. The molecule has 0 saturated heterocycles. The summed E-state index contributed by atoms with van der Waals surface area (Å²) in [6, 6.07) is 3.03. The predicted molar refractivity (Wildman–Crippen MR) is 96.4 cm³/mol. The minimum absolute atomic E-state index is 0.0266. The molecule has 1 unspecified atom stereocenters. The molecule has 25 heavy (non-hydrogen) atoms. The first-order chi connectivity index (χ1) is 11.8. The number of hydrogen-bond acceptors (Lipinski definition) is 6. The maximum atomic E-state index is 12.9. The zero-order valence-electron chi connectivity index (χ0n) is 14.4. The number of pyridine rings is 1. The molecular weight excluding hydrogens is 360 g/mol. The van der Waals surface area contributed by atoms with Crippen LogP contribution in [0.25, 0.3) is 0 Å². The average molecular weight is 383 g/mol. The van der Waals surface area contributed by atoms with Gasteiger partial charge in [-0.1, -0.05) is 0 Å². The van der Waals surface area contributed by atoms with E-state index in [9.17, 15) is 13.5 Å². The van der Waals surface area contributed by atoms with Gasteiger partial charge in [0.2, 0.25) is 10.0 Å². The summed E-state index contributed by atoms with van der Waals surface area (Å²) in [6.45, 7) is 3.70. The van der Waals surface area contributed by atoms with Crippen molar-refractivity contribution in [1.29, 1.82) is 0 Å². The van der Waals surface area contributed by atoms with E-state index in [1.54, 1.807) is 38.6 Å². The summed E-state index contributed by atoms with van der Waals surface area (Å²) < 4.78 is 33.9. The molecule has 1 atom stereocenters. The summed E-state index contributed by atoms with van der Waals surface area (Å²) in [6.07, 6.45) is 3.97. The Bertz CT molecular complexity index is 857. The van der Waals surface area contributed by atoms with Crippen molar-refractivity contribution in [2.75, 3.05) is 7.11 Å². The lowest BCUT2D eigenvalue weighted by atomic mass is 9.76. The molecule has 2 aromatic heterocycles. The van der Waals surface area contributed by atoms with Gasteiger partial charge >= 0.3 is 0 Å². The number of methoxy groups -OCH3 is 1. The van der Waals surface area contributed by atoms with Crippen LogP contribution in [0.1, 0.15) is 34.2 Å². The van der Waals surface area contributed by atoms with Gasteiger partial charge in [0.05, 0.1) is 30.3 Å². The molecule has 0 spiro atoms. The van der Waals surface area contributed by atoms with Crippen LogP contribution in [0.4, 0.5) is 0 Å². The smallest absolute Gasteiger partial charge is 0.242 e. The molecule has 6 nitrogen and oxygen atoms in total. The molecule has 2 aromatic rings. The van der Waals surface area contributed by atoms with E-state index >= 15 is 0 Å². The molecule has 0 bridgehead atoms. The highest BCUT2D eigenvalue weighted by molar-refractivity contribution is 7.89. The van der Waals surface area contributed by atoms with Crippen molar-refractivity contribution in [3.63, 3.8) is 0 Å². The number of ether oxygens (including phenoxy) is 1. The number of aliphatic hydroxyl groups excluding tert-OH is 1. The molecular formula is C17H22N2O4S2. The summed E-state index contributed by atoms with van der Waals surface area (Å²) >= 11 is 1.46. The molecule has 0 aromatic carbocycles. The van der Waals surface area contributed by atoms with Crippen LogP contribution < -0.4 is 9.46 Å². The third kappa shape index (κ3) is 3.87. The second kappa shape index (κ2) is 7.03. The highest BCUT2D eigenvalue weighted by Gasteiger charge is 2.38. The summed E-state index contributed by atoms with van der Waals surface area (Å²) in [5, 5.41) is 9.66. The molecule has 1 aliphatic rings. The van der Waals surface area contributed by atoms with Crippen LogP contribution in [-0.2, 0) is 10.0 Å². The van der Waals surface area contributed by atoms with E-state index in [4.69, 9.17) is 4.74 Å². The minimum Gasteiger partial charge on any atom is -0.495 e. The fourth-order valence-electron chi connectivity index (χ4n) is 3.16. The quantitative estimate of drug-likeness (QED) is 0.802. The van der Waals surface area contributed by atoms with Gasteiger partial charge in [-0.15, -0.1) is 11.3 Å². The maximum Gasteiger partial charge on any atom is 0.242 e. The number of hydrogen-bond donors (Lipinski definition) is 2. The van der Waals surface area contributed by atoms with Gasteiger partial charge in [0, 0.05) is 16.0 Å². The van der Waals surface area contributed by atoms with Crippen LogP contribution in [0.5, 0.6) is 5.75 Å². The average Bonchev–Trinajstić information content (AvgIpc) is 2.89. The molecule has 1 fully saturated rings. The highest BCUT2D eigenvalue weighted by atomic mass is 32.2. The number of aromatic nitrogens is 1. The van der Waals surface area contributed by atoms with Crippen molar-refractivity contribution in [2.24, 2.45) is 5.92 Å². The van der Waals surface area contributed by atoms with E-state index < -0.39 is 16.1 Å². The van der Waals surface area contributed by atoms with Crippen molar-refractivity contribution < 1.29 is 18.3 Å². The lowest BCUT2D eigenvalue weighted by Gasteiger charge is -2.38. The molecule has 1 aliphatic carbocycles. The van der Waals surface area contributed by atoms with E-state index in [0.29, 0.717) is 23.5 Å². The molecule has 1 saturated carbocycles. The first kappa shape index (κ1) is 18.3. The first-order valence-electron chi connectivity index (χ1n) is 8.06. The molecule has 3 rings (SSSR count). The number of rotatable bonds is 6. The van der Waals surface area contributed by atoms with Crippen LogP contribution in [0.15, 0.2) is 29.4 Å². The Hall–Kier alpha value is -1.48. The molecule has 0 aliphatic heterocycles. The van der Waals surface area contributed by atoms with E-state index in [2.05, 4.69) is 9.71 Å². The van der Waals surface area contributed by atoms with Gasteiger partial charge in [0.25, 0.3) is 0 Å². The third-order valence-corrected chi connectivity index (χ3v) is 7.18. The fraction of sp³-hybridized carbons (Fsp3) is 0.471. The lowest BCUT2D eigenvalue weighted by Crippen LogP contribution is -2.41. The molecule has 0 radical (unpaired) electrons. The Kier molecular flexibility index (Phi) is 5.15. The Morgan fingerprint density at radius 3 is 2.60 bits per heavy atom. The third-order valence-electron chi connectivity index (χ3n) is 4.52. The second-order valence-electron chi connectivity index (χ2n) is 6.42. The van der Waals surface area contributed by atoms with Crippen LogP contribution >= 0.6 is 11.3 Å². The fourth-order valence-corrected chi connectivity index (χ4v) is 6.01. The van der Waals surface area contributed by atoms with Crippen molar-refractivity contribution in [3.8, 4) is 5.75 Å². The number of aryl methyl sites for hydroxylation is 2. The highest BCUT2D eigenvalue weighted by Crippen LogP contribution is 2.39. The zero-order chi connectivity index (χ0) is 18.2. The number of sulfonamides is 1. The van der Waals surface area contributed by atoms with Gasteiger partial charge in [-0.25, -0.2) is 13.1 Å². The molecule has 2 N–H and O–H groups in total. The standard InChI is InChI=1S/C17H22N2O4S2/c1-10-4-16(11(2)24-10)25(21,22)19-17(12-5-14(20)6-12)13-7-15(23-3)9-18-8-13/h4,7-9,12,14,17,19-20H,5-6H2,1-3H3. The summed E-state index contributed by atoms with van der Waals surface area (Å²) in [5.41, 5.74) is 0.740. The van der Waals surface area contributed by atoms with E-state index in [1.165, 1.54) is 11.3 Å². The van der Waals surface area contributed by atoms with Crippen molar-refractivity contribution in [1.82, 2.24) is 9.71 Å². The summed E-state index contributed by atoms with van der Waals surface area (Å²) in [4.78, 5) is 6.18. The first-order valence-corrected chi connectivity index (χ1v) is 10.4. The number of aliphatic hydroxyl groups is 1. The normalized spacial score (nSPS) is 21.6. The second-order valence-corrected chi connectivity index (χ2v) is 9.56. The summed E-state index contributed by atoms with van der Waals surface area (Å²) in [7, 11) is -2.12. The zero-order valence-corrected chi connectivity index (χ0v) is 16.0. The Morgan fingerprint density at radius 1 is 1.32 bits per heavy atom. The predicted octanol–water partition coefficient (Wildman–Crippen LogP) is 2.56. The van der Waals surface area contributed by atoms with Gasteiger partial charge in [0.1, 0.15) is 5.75 Å². The van der Waals surface area contributed by atoms with Gasteiger partial charge in [-0.05, 0) is 50.3 Å².